The summed E-state index contributed by atoms with van der Waals surface area (Å²) in [5, 5.41) is 3.24. The Morgan fingerprint density at radius 1 is 1.26 bits per heavy atom. The Morgan fingerprint density at radius 3 is 2.89 bits per heavy atom. The molecule has 4 nitrogen and oxygen atoms in total. The molecule has 0 saturated heterocycles. The van der Waals surface area contributed by atoms with E-state index in [4.69, 9.17) is 4.74 Å². The van der Waals surface area contributed by atoms with Crippen molar-refractivity contribution in [2.75, 3.05) is 11.9 Å². The van der Waals surface area contributed by atoms with E-state index >= 15 is 0 Å². The standard InChI is InChI=1S/C15H25N3O/c1-3-9-17-14-10-16-11-15(18-14)19-13-8-6-5-7-12(13)4-2/h10-13H,3-9H2,1-2H3,(H,17,18). The molecule has 2 unspecified atom stereocenters. The maximum atomic E-state index is 6.07. The molecule has 1 aliphatic carbocycles. The van der Waals surface area contributed by atoms with Gasteiger partial charge in [-0.25, -0.2) is 0 Å². The number of nitrogens with zero attached hydrogens (tertiary/aromatic N) is 2. The molecular formula is C15H25N3O. The SMILES string of the molecule is CCCNc1cncc(OC2CCCCC2CC)n1. The lowest BCUT2D eigenvalue weighted by molar-refractivity contribution is 0.0856. The number of ether oxygens (including phenoxy) is 1. The molecule has 0 bridgehead atoms. The minimum Gasteiger partial charge on any atom is -0.473 e. The largest absolute Gasteiger partial charge is 0.473 e. The highest BCUT2D eigenvalue weighted by molar-refractivity contribution is 5.33. The van der Waals surface area contributed by atoms with Crippen molar-refractivity contribution in [3.05, 3.63) is 12.4 Å². The van der Waals surface area contributed by atoms with E-state index in [9.17, 15) is 0 Å². The molecule has 2 atom stereocenters. The lowest BCUT2D eigenvalue weighted by Crippen LogP contribution is -2.30. The van der Waals surface area contributed by atoms with Gasteiger partial charge in [-0.1, -0.05) is 20.3 Å². The van der Waals surface area contributed by atoms with E-state index in [2.05, 4.69) is 29.1 Å². The molecule has 1 aromatic rings. The van der Waals surface area contributed by atoms with Crippen molar-refractivity contribution in [3.8, 4) is 5.88 Å². The second-order valence-corrected chi connectivity index (χ2v) is 5.28. The predicted octanol–water partition coefficient (Wildman–Crippen LogP) is 3.65. The highest BCUT2D eigenvalue weighted by Crippen LogP contribution is 2.29. The molecule has 1 fully saturated rings. The summed E-state index contributed by atoms with van der Waals surface area (Å²) in [6.45, 7) is 5.30. The lowest BCUT2D eigenvalue weighted by atomic mass is 9.85. The van der Waals surface area contributed by atoms with E-state index in [1.807, 2.05) is 0 Å². The van der Waals surface area contributed by atoms with Gasteiger partial charge < -0.3 is 10.1 Å². The first-order chi connectivity index (χ1) is 9.33. The molecule has 106 valence electrons. The Kier molecular flexibility index (Phi) is 5.43. The topological polar surface area (TPSA) is 47.0 Å². The van der Waals surface area contributed by atoms with Gasteiger partial charge in [-0.15, -0.1) is 0 Å². The molecule has 1 N–H and O–H groups in total. The molecule has 19 heavy (non-hydrogen) atoms. The molecule has 0 radical (unpaired) electrons. The number of hydrogen-bond acceptors (Lipinski definition) is 4. The number of aromatic nitrogens is 2. The monoisotopic (exact) mass is 263 g/mol. The fourth-order valence-electron chi connectivity index (χ4n) is 2.69. The predicted molar refractivity (Wildman–Crippen MR) is 77.5 cm³/mol. The van der Waals surface area contributed by atoms with E-state index < -0.39 is 0 Å². The summed E-state index contributed by atoms with van der Waals surface area (Å²) < 4.78 is 6.07. The summed E-state index contributed by atoms with van der Waals surface area (Å²) in [4.78, 5) is 8.68. The summed E-state index contributed by atoms with van der Waals surface area (Å²) in [6.07, 6.45) is 11.1. The van der Waals surface area contributed by atoms with Crippen molar-refractivity contribution < 1.29 is 4.74 Å². The smallest absolute Gasteiger partial charge is 0.234 e. The molecule has 1 aliphatic rings. The van der Waals surface area contributed by atoms with Crippen LogP contribution in [-0.4, -0.2) is 22.6 Å². The van der Waals surface area contributed by atoms with Crippen molar-refractivity contribution >= 4 is 5.82 Å². The molecule has 1 saturated carbocycles. The van der Waals surface area contributed by atoms with Crippen LogP contribution >= 0.6 is 0 Å². The normalized spacial score (nSPS) is 23.1. The molecule has 0 amide bonds. The summed E-state index contributed by atoms with van der Waals surface area (Å²) in [5.74, 6) is 2.14. The van der Waals surface area contributed by atoms with Gasteiger partial charge in [-0.2, -0.15) is 4.98 Å². The van der Waals surface area contributed by atoms with Crippen molar-refractivity contribution in [1.29, 1.82) is 0 Å². The van der Waals surface area contributed by atoms with Crippen LogP contribution in [0.5, 0.6) is 5.88 Å². The van der Waals surface area contributed by atoms with Gasteiger partial charge in [0.15, 0.2) is 0 Å². The Labute approximate surface area is 116 Å². The number of hydrogen-bond donors (Lipinski definition) is 1. The first-order valence-corrected chi connectivity index (χ1v) is 7.56. The molecule has 0 aromatic carbocycles. The molecule has 0 spiro atoms. The van der Waals surface area contributed by atoms with E-state index in [1.165, 1.54) is 25.7 Å². The highest BCUT2D eigenvalue weighted by atomic mass is 16.5. The second kappa shape index (κ2) is 7.31. The van der Waals surface area contributed by atoms with Crippen LogP contribution in [0.3, 0.4) is 0 Å². The number of rotatable bonds is 6. The Balaban J connectivity index is 1.97. The second-order valence-electron chi connectivity index (χ2n) is 5.28. The summed E-state index contributed by atoms with van der Waals surface area (Å²) >= 11 is 0. The van der Waals surface area contributed by atoms with E-state index in [1.54, 1.807) is 12.4 Å². The van der Waals surface area contributed by atoms with Gasteiger partial charge in [0.25, 0.3) is 0 Å². The highest BCUT2D eigenvalue weighted by Gasteiger charge is 2.25. The quantitative estimate of drug-likeness (QED) is 0.851. The van der Waals surface area contributed by atoms with Gasteiger partial charge in [0.1, 0.15) is 11.9 Å². The summed E-state index contributed by atoms with van der Waals surface area (Å²) in [5.41, 5.74) is 0. The van der Waals surface area contributed by atoms with Crippen LogP contribution in [-0.2, 0) is 0 Å². The zero-order valence-corrected chi connectivity index (χ0v) is 12.1. The van der Waals surface area contributed by atoms with Crippen LogP contribution in [0.4, 0.5) is 5.82 Å². The van der Waals surface area contributed by atoms with E-state index in [0.717, 1.165) is 25.2 Å². The Hall–Kier alpha value is -1.32. The third-order valence-electron chi connectivity index (χ3n) is 3.80. The lowest BCUT2D eigenvalue weighted by Gasteiger charge is -2.30. The molecular weight excluding hydrogens is 238 g/mol. The van der Waals surface area contributed by atoms with E-state index in [-0.39, 0.29) is 0 Å². The first kappa shape index (κ1) is 14.1. The molecule has 0 aliphatic heterocycles. The average molecular weight is 263 g/mol. The number of anilines is 1. The third kappa shape index (κ3) is 4.08. The van der Waals surface area contributed by atoms with Gasteiger partial charge >= 0.3 is 0 Å². The minimum atomic E-state index is 0.314. The fraction of sp³-hybridized carbons (Fsp3) is 0.733. The molecule has 1 aromatic heterocycles. The van der Waals surface area contributed by atoms with Crippen LogP contribution < -0.4 is 10.1 Å². The van der Waals surface area contributed by atoms with Crippen LogP contribution in [0, 0.1) is 5.92 Å². The van der Waals surface area contributed by atoms with Gasteiger partial charge in [-0.3, -0.25) is 4.98 Å². The Morgan fingerprint density at radius 2 is 2.11 bits per heavy atom. The van der Waals surface area contributed by atoms with Crippen LogP contribution in [0.2, 0.25) is 0 Å². The number of nitrogens with one attached hydrogen (secondary N) is 1. The van der Waals surface area contributed by atoms with Gasteiger partial charge in [0.2, 0.25) is 5.88 Å². The van der Waals surface area contributed by atoms with Gasteiger partial charge in [0, 0.05) is 6.54 Å². The van der Waals surface area contributed by atoms with Crippen molar-refractivity contribution in [2.45, 2.75) is 58.5 Å². The van der Waals surface area contributed by atoms with Crippen molar-refractivity contribution in [1.82, 2.24) is 9.97 Å². The fourth-order valence-corrected chi connectivity index (χ4v) is 2.69. The molecule has 2 rings (SSSR count). The van der Waals surface area contributed by atoms with Gasteiger partial charge in [-0.05, 0) is 38.0 Å². The zero-order chi connectivity index (χ0) is 13.5. The minimum absolute atomic E-state index is 0.314. The maximum absolute atomic E-state index is 6.07. The third-order valence-corrected chi connectivity index (χ3v) is 3.80. The Bertz CT molecular complexity index is 383. The van der Waals surface area contributed by atoms with Crippen LogP contribution in [0.1, 0.15) is 52.4 Å². The average Bonchev–Trinajstić information content (AvgIpc) is 2.46. The molecule has 4 heteroatoms. The van der Waals surface area contributed by atoms with Crippen LogP contribution in [0.15, 0.2) is 12.4 Å². The summed E-state index contributed by atoms with van der Waals surface area (Å²) in [7, 11) is 0. The maximum Gasteiger partial charge on any atom is 0.234 e. The summed E-state index contributed by atoms with van der Waals surface area (Å²) in [6, 6.07) is 0. The van der Waals surface area contributed by atoms with Crippen molar-refractivity contribution in [2.24, 2.45) is 5.92 Å². The van der Waals surface area contributed by atoms with E-state index in [0.29, 0.717) is 17.9 Å². The van der Waals surface area contributed by atoms with Crippen molar-refractivity contribution in [3.63, 3.8) is 0 Å². The van der Waals surface area contributed by atoms with Crippen LogP contribution in [0.25, 0.3) is 0 Å². The van der Waals surface area contributed by atoms with Gasteiger partial charge in [0.05, 0.1) is 12.4 Å². The molecule has 1 heterocycles. The zero-order valence-electron chi connectivity index (χ0n) is 12.1. The first-order valence-electron chi connectivity index (χ1n) is 7.56.